The Hall–Kier alpha value is -1.59. The van der Waals surface area contributed by atoms with Crippen LogP contribution in [0.15, 0.2) is 0 Å². The zero-order valence-corrected chi connectivity index (χ0v) is 11.4. The van der Waals surface area contributed by atoms with Gasteiger partial charge in [-0.3, -0.25) is 0 Å². The lowest BCUT2D eigenvalue weighted by Crippen LogP contribution is -2.37. The van der Waals surface area contributed by atoms with Crippen molar-refractivity contribution in [2.75, 3.05) is 30.0 Å². The normalized spacial score (nSPS) is 18.4. The standard InChI is InChI=1S/C12H22N6/c1-12(7-5-4-6-8-12)17-10-14-9(13)15-11(16-10)18(2)3/h4-8H2,1-3H3,(H3,13,14,15,16,17). The molecule has 0 unspecified atom stereocenters. The number of nitrogen functional groups attached to an aromatic ring is 1. The molecule has 3 N–H and O–H groups in total. The SMILES string of the molecule is CN(C)c1nc(N)nc(NC2(C)CCCCC2)n1. The van der Waals surface area contributed by atoms with E-state index < -0.39 is 0 Å². The molecule has 0 amide bonds. The number of hydrogen-bond acceptors (Lipinski definition) is 6. The van der Waals surface area contributed by atoms with Crippen molar-refractivity contribution in [3.8, 4) is 0 Å². The van der Waals surface area contributed by atoms with Gasteiger partial charge in [-0.25, -0.2) is 0 Å². The molecular formula is C12H22N6. The van der Waals surface area contributed by atoms with E-state index in [4.69, 9.17) is 5.73 Å². The third-order valence-electron chi connectivity index (χ3n) is 3.41. The average molecular weight is 250 g/mol. The molecule has 0 saturated heterocycles. The van der Waals surface area contributed by atoms with Crippen molar-refractivity contribution in [1.82, 2.24) is 15.0 Å². The first-order valence-electron chi connectivity index (χ1n) is 6.46. The van der Waals surface area contributed by atoms with Crippen LogP contribution >= 0.6 is 0 Å². The highest BCUT2D eigenvalue weighted by atomic mass is 15.3. The van der Waals surface area contributed by atoms with Crippen LogP contribution in [-0.2, 0) is 0 Å². The smallest absolute Gasteiger partial charge is 0.231 e. The summed E-state index contributed by atoms with van der Waals surface area (Å²) in [6, 6.07) is 0. The van der Waals surface area contributed by atoms with E-state index in [1.54, 1.807) is 0 Å². The maximum Gasteiger partial charge on any atom is 0.231 e. The highest BCUT2D eigenvalue weighted by Crippen LogP contribution is 2.30. The fraction of sp³-hybridized carbons (Fsp3) is 0.750. The number of anilines is 3. The predicted molar refractivity (Wildman–Crippen MR) is 73.7 cm³/mol. The van der Waals surface area contributed by atoms with Gasteiger partial charge < -0.3 is 16.0 Å². The number of nitrogens with two attached hydrogens (primary N) is 1. The molecule has 18 heavy (non-hydrogen) atoms. The van der Waals surface area contributed by atoms with Gasteiger partial charge in [-0.05, 0) is 19.8 Å². The lowest BCUT2D eigenvalue weighted by atomic mass is 9.83. The molecule has 0 radical (unpaired) electrons. The molecule has 1 fully saturated rings. The molecule has 100 valence electrons. The minimum absolute atomic E-state index is 0.0790. The van der Waals surface area contributed by atoms with Gasteiger partial charge in [0.1, 0.15) is 0 Å². The summed E-state index contributed by atoms with van der Waals surface area (Å²) in [5.74, 6) is 1.43. The van der Waals surface area contributed by atoms with E-state index >= 15 is 0 Å². The van der Waals surface area contributed by atoms with Crippen molar-refractivity contribution in [2.45, 2.75) is 44.6 Å². The molecule has 0 aromatic carbocycles. The first-order valence-corrected chi connectivity index (χ1v) is 6.46. The first kappa shape index (κ1) is 12.9. The first-order chi connectivity index (χ1) is 8.48. The Bertz CT molecular complexity index is 411. The predicted octanol–water partition coefficient (Wildman–Crippen LogP) is 1.65. The highest BCUT2D eigenvalue weighted by molar-refractivity contribution is 5.42. The van der Waals surface area contributed by atoms with Crippen LogP contribution in [0.3, 0.4) is 0 Å². The molecule has 1 aromatic heterocycles. The van der Waals surface area contributed by atoms with E-state index in [9.17, 15) is 0 Å². The topological polar surface area (TPSA) is 80.0 Å². The molecule has 0 spiro atoms. The summed E-state index contributed by atoms with van der Waals surface area (Å²) in [4.78, 5) is 14.5. The van der Waals surface area contributed by atoms with Gasteiger partial charge in [-0.2, -0.15) is 15.0 Å². The summed E-state index contributed by atoms with van der Waals surface area (Å²) >= 11 is 0. The van der Waals surface area contributed by atoms with Crippen LogP contribution in [0.5, 0.6) is 0 Å². The number of nitrogens with zero attached hydrogens (tertiary/aromatic N) is 4. The summed E-state index contributed by atoms with van der Waals surface area (Å²) in [6.45, 7) is 2.22. The maximum atomic E-state index is 5.72. The molecule has 6 nitrogen and oxygen atoms in total. The Morgan fingerprint density at radius 1 is 1.11 bits per heavy atom. The molecule has 1 aromatic rings. The molecule has 1 heterocycles. The second kappa shape index (κ2) is 4.96. The zero-order valence-electron chi connectivity index (χ0n) is 11.4. The molecule has 1 aliphatic carbocycles. The van der Waals surface area contributed by atoms with Crippen LogP contribution in [-0.4, -0.2) is 34.6 Å². The van der Waals surface area contributed by atoms with Gasteiger partial charge in [0.15, 0.2) is 0 Å². The van der Waals surface area contributed by atoms with Crippen LogP contribution in [0.2, 0.25) is 0 Å². The lowest BCUT2D eigenvalue weighted by Gasteiger charge is -2.34. The molecule has 6 heteroatoms. The van der Waals surface area contributed by atoms with Gasteiger partial charge in [0.05, 0.1) is 0 Å². The van der Waals surface area contributed by atoms with E-state index in [-0.39, 0.29) is 11.5 Å². The van der Waals surface area contributed by atoms with Crippen LogP contribution in [0.25, 0.3) is 0 Å². The van der Waals surface area contributed by atoms with Gasteiger partial charge in [0, 0.05) is 19.6 Å². The van der Waals surface area contributed by atoms with Crippen LogP contribution < -0.4 is 16.0 Å². The summed E-state index contributed by atoms with van der Waals surface area (Å²) in [5, 5.41) is 3.42. The Balaban J connectivity index is 2.17. The molecule has 0 bridgehead atoms. The Labute approximate surface area is 108 Å². The van der Waals surface area contributed by atoms with Crippen molar-refractivity contribution in [3.05, 3.63) is 0 Å². The van der Waals surface area contributed by atoms with Gasteiger partial charge in [0.25, 0.3) is 0 Å². The third kappa shape index (κ3) is 3.00. The molecular weight excluding hydrogens is 228 g/mol. The van der Waals surface area contributed by atoms with Crippen molar-refractivity contribution >= 4 is 17.8 Å². The van der Waals surface area contributed by atoms with Crippen LogP contribution in [0.4, 0.5) is 17.8 Å². The zero-order chi connectivity index (χ0) is 13.2. The highest BCUT2D eigenvalue weighted by Gasteiger charge is 2.27. The Morgan fingerprint density at radius 3 is 2.39 bits per heavy atom. The molecule has 1 saturated carbocycles. The quantitative estimate of drug-likeness (QED) is 0.849. The number of nitrogens with one attached hydrogen (secondary N) is 1. The summed E-state index contributed by atoms with van der Waals surface area (Å²) in [5.41, 5.74) is 5.80. The van der Waals surface area contributed by atoms with Gasteiger partial charge in [0.2, 0.25) is 17.8 Å². The van der Waals surface area contributed by atoms with Gasteiger partial charge >= 0.3 is 0 Å². The fourth-order valence-corrected chi connectivity index (χ4v) is 2.36. The molecule has 0 atom stereocenters. The van der Waals surface area contributed by atoms with E-state index in [1.807, 2.05) is 19.0 Å². The van der Waals surface area contributed by atoms with Crippen molar-refractivity contribution < 1.29 is 0 Å². The fourth-order valence-electron chi connectivity index (χ4n) is 2.36. The summed E-state index contributed by atoms with van der Waals surface area (Å²) in [7, 11) is 3.78. The Kier molecular flexibility index (Phi) is 3.54. The van der Waals surface area contributed by atoms with Crippen molar-refractivity contribution in [2.24, 2.45) is 0 Å². The molecule has 1 aliphatic rings. The second-order valence-corrected chi connectivity index (χ2v) is 5.46. The van der Waals surface area contributed by atoms with Gasteiger partial charge in [-0.1, -0.05) is 19.3 Å². The number of hydrogen-bond donors (Lipinski definition) is 2. The van der Waals surface area contributed by atoms with Crippen LogP contribution in [0.1, 0.15) is 39.0 Å². The summed E-state index contributed by atoms with van der Waals surface area (Å²) in [6.07, 6.45) is 6.13. The number of rotatable bonds is 3. The van der Waals surface area contributed by atoms with E-state index in [2.05, 4.69) is 27.2 Å². The van der Waals surface area contributed by atoms with Crippen LogP contribution in [0, 0.1) is 0 Å². The Morgan fingerprint density at radius 2 is 1.78 bits per heavy atom. The van der Waals surface area contributed by atoms with E-state index in [0.717, 1.165) is 12.8 Å². The maximum absolute atomic E-state index is 5.72. The second-order valence-electron chi connectivity index (χ2n) is 5.46. The monoisotopic (exact) mass is 250 g/mol. The number of aromatic nitrogens is 3. The minimum Gasteiger partial charge on any atom is -0.368 e. The van der Waals surface area contributed by atoms with Crippen molar-refractivity contribution in [3.63, 3.8) is 0 Å². The van der Waals surface area contributed by atoms with E-state index in [1.165, 1.54) is 19.3 Å². The molecule has 0 aliphatic heterocycles. The third-order valence-corrected chi connectivity index (χ3v) is 3.41. The van der Waals surface area contributed by atoms with Gasteiger partial charge in [-0.15, -0.1) is 0 Å². The summed E-state index contributed by atoms with van der Waals surface area (Å²) < 4.78 is 0. The molecule has 2 rings (SSSR count). The minimum atomic E-state index is 0.0790. The van der Waals surface area contributed by atoms with Crippen molar-refractivity contribution in [1.29, 1.82) is 0 Å². The lowest BCUT2D eigenvalue weighted by molar-refractivity contribution is 0.347. The largest absolute Gasteiger partial charge is 0.368 e. The van der Waals surface area contributed by atoms with E-state index in [0.29, 0.717) is 11.9 Å². The average Bonchev–Trinajstić information content (AvgIpc) is 2.28.